The lowest BCUT2D eigenvalue weighted by Gasteiger charge is -2.14. The molecule has 0 aliphatic heterocycles. The highest BCUT2D eigenvalue weighted by Gasteiger charge is 2.11. The third kappa shape index (κ3) is 19.8. The van der Waals surface area contributed by atoms with Gasteiger partial charge in [-0.15, -0.1) is 0 Å². The summed E-state index contributed by atoms with van der Waals surface area (Å²) in [6.07, 6.45) is 24.3. The summed E-state index contributed by atoms with van der Waals surface area (Å²) in [4.78, 5) is 33.8. The van der Waals surface area contributed by atoms with Crippen molar-refractivity contribution in [2.45, 2.75) is 128 Å². The lowest BCUT2D eigenvalue weighted by molar-refractivity contribution is -0.115. The van der Waals surface area contributed by atoms with Crippen LogP contribution in [0.15, 0.2) is 43.5 Å². The van der Waals surface area contributed by atoms with Gasteiger partial charge in [-0.2, -0.15) is 0 Å². The first kappa shape index (κ1) is 36.1. The van der Waals surface area contributed by atoms with Gasteiger partial charge in [0.15, 0.2) is 23.1 Å². The minimum absolute atomic E-state index is 0.140. The normalized spacial score (nSPS) is 10.7. The van der Waals surface area contributed by atoms with Gasteiger partial charge in [0.25, 0.3) is 0 Å². The second-order valence-corrected chi connectivity index (χ2v) is 10.9. The maximum atomic E-state index is 11.4. The number of rotatable bonds is 29. The third-order valence-corrected chi connectivity index (χ3v) is 7.30. The maximum Gasteiger partial charge on any atom is 0.335 e. The van der Waals surface area contributed by atoms with Crippen LogP contribution in [-0.4, -0.2) is 35.9 Å². The minimum Gasteiger partial charge on any atom is -0.490 e. The highest BCUT2D eigenvalue weighted by molar-refractivity contribution is 5.89. The molecule has 0 aromatic heterocycles. The Morgan fingerprint density at radius 2 is 0.927 bits per heavy atom. The van der Waals surface area contributed by atoms with Gasteiger partial charge in [0.2, 0.25) is 0 Å². The van der Waals surface area contributed by atoms with Gasteiger partial charge in [-0.3, -0.25) is 9.59 Å². The van der Waals surface area contributed by atoms with Crippen molar-refractivity contribution < 1.29 is 29.0 Å². The molecule has 0 fully saturated rings. The predicted octanol–water partition coefficient (Wildman–Crippen LogP) is 9.45. The molecule has 0 radical (unpaired) electrons. The monoisotopic (exact) mass is 570 g/mol. The van der Waals surface area contributed by atoms with Crippen molar-refractivity contribution in [3.63, 3.8) is 0 Å². The molecule has 0 heterocycles. The molecule has 0 spiro atoms. The number of unbranched alkanes of at least 4 members (excludes halogenated alkanes) is 16. The number of hydrogen-bond donors (Lipinski definition) is 1. The van der Waals surface area contributed by atoms with Crippen molar-refractivity contribution in [2.24, 2.45) is 0 Å². The van der Waals surface area contributed by atoms with E-state index in [-0.39, 0.29) is 17.1 Å². The van der Waals surface area contributed by atoms with Crippen molar-refractivity contribution >= 4 is 17.5 Å². The molecule has 0 saturated heterocycles. The fraction of sp³-hybridized carbons (Fsp3) is 0.629. The maximum absolute atomic E-state index is 11.4. The van der Waals surface area contributed by atoms with Crippen LogP contribution in [0.4, 0.5) is 0 Å². The van der Waals surface area contributed by atoms with Gasteiger partial charge in [-0.25, -0.2) is 4.79 Å². The molecule has 6 nitrogen and oxygen atoms in total. The minimum atomic E-state index is -0.973. The molecule has 1 rings (SSSR count). The van der Waals surface area contributed by atoms with Crippen LogP contribution in [0.1, 0.15) is 139 Å². The Kier molecular flexibility index (Phi) is 21.9. The molecule has 1 N–H and O–H groups in total. The number of ketones is 2. The van der Waals surface area contributed by atoms with E-state index in [2.05, 4.69) is 13.2 Å². The van der Waals surface area contributed by atoms with E-state index >= 15 is 0 Å². The average molecular weight is 571 g/mol. The lowest BCUT2D eigenvalue weighted by Crippen LogP contribution is -2.05. The molecule has 0 aliphatic rings. The Bertz CT molecular complexity index is 891. The summed E-state index contributed by atoms with van der Waals surface area (Å²) in [5.41, 5.74) is 0.202. The highest BCUT2D eigenvalue weighted by atomic mass is 16.5. The average Bonchev–Trinajstić information content (AvgIpc) is 2.98. The fourth-order valence-corrected chi connectivity index (χ4v) is 4.72. The van der Waals surface area contributed by atoms with E-state index in [1.165, 1.54) is 69.9 Å². The molecular weight excluding hydrogens is 516 g/mol. The van der Waals surface area contributed by atoms with Crippen LogP contribution >= 0.6 is 0 Å². The molecule has 0 unspecified atom stereocenters. The summed E-state index contributed by atoms with van der Waals surface area (Å²) in [7, 11) is 0. The standard InChI is InChI=1S/C35H54O6/c1-3-31(36)23-19-15-11-7-5-9-13-17-21-27-40-33-26-25-30(35(38)39)29-34(33)41-28-22-18-14-10-6-8-12-16-20-24-32(37)4-2/h3-4,25-26,29H,1-2,5-24,27-28H2,(H,38,39). The first-order valence-corrected chi connectivity index (χ1v) is 15.9. The molecule has 41 heavy (non-hydrogen) atoms. The van der Waals surface area contributed by atoms with Crippen LogP contribution in [0, 0.1) is 0 Å². The van der Waals surface area contributed by atoms with E-state index in [9.17, 15) is 19.5 Å². The first-order chi connectivity index (χ1) is 20.0. The molecular formula is C35H54O6. The van der Waals surface area contributed by atoms with Crippen molar-refractivity contribution in [3.05, 3.63) is 49.1 Å². The number of carbonyl (C=O) groups is 3. The molecule has 0 aliphatic carbocycles. The first-order valence-electron chi connectivity index (χ1n) is 15.9. The van der Waals surface area contributed by atoms with Crippen LogP contribution < -0.4 is 9.47 Å². The topological polar surface area (TPSA) is 89.9 Å². The van der Waals surface area contributed by atoms with Crippen LogP contribution in [0.3, 0.4) is 0 Å². The molecule has 0 bridgehead atoms. The molecule has 0 amide bonds. The van der Waals surface area contributed by atoms with Gasteiger partial charge in [-0.05, 0) is 56.0 Å². The Morgan fingerprint density at radius 3 is 1.32 bits per heavy atom. The van der Waals surface area contributed by atoms with E-state index in [0.717, 1.165) is 57.8 Å². The van der Waals surface area contributed by atoms with E-state index in [4.69, 9.17) is 9.47 Å². The van der Waals surface area contributed by atoms with Gasteiger partial charge in [0.05, 0.1) is 18.8 Å². The van der Waals surface area contributed by atoms with Gasteiger partial charge in [-0.1, -0.05) is 103 Å². The summed E-state index contributed by atoms with van der Waals surface area (Å²) in [6, 6.07) is 4.83. The van der Waals surface area contributed by atoms with Gasteiger partial charge in [0, 0.05) is 12.8 Å². The molecule has 0 saturated carbocycles. The second-order valence-electron chi connectivity index (χ2n) is 10.9. The Balaban J connectivity index is 2.15. The Labute approximate surface area is 248 Å². The number of ether oxygens (including phenoxy) is 2. The van der Waals surface area contributed by atoms with Gasteiger partial charge >= 0.3 is 5.97 Å². The van der Waals surface area contributed by atoms with E-state index < -0.39 is 5.97 Å². The number of carboxylic acid groups (broad SMARTS) is 1. The number of carboxylic acids is 1. The zero-order chi connectivity index (χ0) is 30.0. The molecule has 230 valence electrons. The van der Waals surface area contributed by atoms with Crippen LogP contribution in [-0.2, 0) is 9.59 Å². The number of allylic oxidation sites excluding steroid dienone is 2. The fourth-order valence-electron chi connectivity index (χ4n) is 4.72. The van der Waals surface area contributed by atoms with Crippen LogP contribution in [0.2, 0.25) is 0 Å². The second kappa shape index (κ2) is 24.9. The molecule has 0 atom stereocenters. The number of hydrogen-bond acceptors (Lipinski definition) is 5. The highest BCUT2D eigenvalue weighted by Crippen LogP contribution is 2.29. The van der Waals surface area contributed by atoms with Crippen molar-refractivity contribution in [1.82, 2.24) is 0 Å². The molecule has 6 heteroatoms. The molecule has 1 aromatic carbocycles. The van der Waals surface area contributed by atoms with Gasteiger partial charge < -0.3 is 14.6 Å². The van der Waals surface area contributed by atoms with Gasteiger partial charge in [0.1, 0.15) is 0 Å². The lowest BCUT2D eigenvalue weighted by atomic mass is 10.1. The number of aromatic carboxylic acids is 1. The van der Waals surface area contributed by atoms with Crippen molar-refractivity contribution in [2.75, 3.05) is 13.2 Å². The van der Waals surface area contributed by atoms with Crippen molar-refractivity contribution in [1.29, 1.82) is 0 Å². The summed E-state index contributed by atoms with van der Waals surface area (Å²) in [5.74, 6) is 0.430. The smallest absolute Gasteiger partial charge is 0.335 e. The largest absolute Gasteiger partial charge is 0.490 e. The zero-order valence-corrected chi connectivity index (χ0v) is 25.3. The third-order valence-electron chi connectivity index (χ3n) is 7.30. The summed E-state index contributed by atoms with van der Waals surface area (Å²) < 4.78 is 11.9. The number of benzene rings is 1. The Hall–Kier alpha value is -2.89. The molecule has 1 aromatic rings. The van der Waals surface area contributed by atoms with Crippen LogP contribution in [0.5, 0.6) is 11.5 Å². The van der Waals surface area contributed by atoms with Crippen molar-refractivity contribution in [3.8, 4) is 11.5 Å². The summed E-state index contributed by atoms with van der Waals surface area (Å²) in [6.45, 7) is 8.14. The predicted molar refractivity (Wildman–Crippen MR) is 167 cm³/mol. The van der Waals surface area contributed by atoms with Crippen LogP contribution in [0.25, 0.3) is 0 Å². The zero-order valence-electron chi connectivity index (χ0n) is 25.3. The Morgan fingerprint density at radius 1 is 0.561 bits per heavy atom. The summed E-state index contributed by atoms with van der Waals surface area (Å²) >= 11 is 0. The van der Waals surface area contributed by atoms with E-state index in [0.29, 0.717) is 37.6 Å². The quantitative estimate of drug-likeness (QED) is 0.0762. The summed E-state index contributed by atoms with van der Waals surface area (Å²) in [5, 5.41) is 9.37. The van der Waals surface area contributed by atoms with E-state index in [1.54, 1.807) is 18.2 Å². The van der Waals surface area contributed by atoms with E-state index in [1.807, 2.05) is 0 Å². The number of carbonyl (C=O) groups excluding carboxylic acids is 2. The SMILES string of the molecule is C=CC(=O)CCCCCCCCCCCOc1ccc(C(=O)O)cc1OCCCCCCCCCCCC(=O)C=C.